The molecular formula is C27H19ClN2OS. The molecule has 1 amide bonds. The second-order valence-corrected chi connectivity index (χ2v) is 8.94. The van der Waals surface area contributed by atoms with Crippen molar-refractivity contribution in [2.45, 2.75) is 16.3 Å². The number of hydrogen-bond donors (Lipinski definition) is 1. The first-order valence-electron chi connectivity index (χ1n) is 10.3. The summed E-state index contributed by atoms with van der Waals surface area (Å²) in [5.41, 5.74) is 5.37. The Hall–Kier alpha value is -3.34. The number of rotatable bonds is 4. The Morgan fingerprint density at radius 1 is 0.844 bits per heavy atom. The van der Waals surface area contributed by atoms with Gasteiger partial charge in [-0.25, -0.2) is 4.99 Å². The van der Waals surface area contributed by atoms with Gasteiger partial charge in [0.1, 0.15) is 0 Å². The standard InChI is InChI=1S/C27H19ClN2OS/c28-21-10-6-7-18(15-21)17-29-27(31)20-13-14-25-23(16-20)30-26(19-8-2-1-3-9-19)22-11-4-5-12-24(22)32-25/h1-16H,17H2,(H,29,31). The van der Waals surface area contributed by atoms with Gasteiger partial charge in [0.2, 0.25) is 0 Å². The lowest BCUT2D eigenvalue weighted by molar-refractivity contribution is 0.0951. The summed E-state index contributed by atoms with van der Waals surface area (Å²) in [6, 6.07) is 31.6. The van der Waals surface area contributed by atoms with Crippen molar-refractivity contribution in [1.29, 1.82) is 0 Å². The zero-order valence-corrected chi connectivity index (χ0v) is 18.7. The van der Waals surface area contributed by atoms with E-state index in [4.69, 9.17) is 16.6 Å². The van der Waals surface area contributed by atoms with E-state index in [1.165, 1.54) is 0 Å². The number of aliphatic imine (C=N–C) groups is 1. The van der Waals surface area contributed by atoms with E-state index in [0.29, 0.717) is 17.1 Å². The third-order valence-corrected chi connectivity index (χ3v) is 6.58. The molecule has 0 aliphatic carbocycles. The van der Waals surface area contributed by atoms with Gasteiger partial charge in [0, 0.05) is 38.0 Å². The minimum absolute atomic E-state index is 0.143. The summed E-state index contributed by atoms with van der Waals surface area (Å²) >= 11 is 7.72. The lowest BCUT2D eigenvalue weighted by Crippen LogP contribution is -2.22. The second kappa shape index (κ2) is 9.03. The summed E-state index contributed by atoms with van der Waals surface area (Å²) in [6.07, 6.45) is 0. The first-order chi connectivity index (χ1) is 15.7. The highest BCUT2D eigenvalue weighted by atomic mass is 35.5. The summed E-state index contributed by atoms with van der Waals surface area (Å²) < 4.78 is 0. The van der Waals surface area contributed by atoms with Crippen LogP contribution in [-0.2, 0) is 6.54 Å². The maximum Gasteiger partial charge on any atom is 0.251 e. The average molecular weight is 455 g/mol. The van der Waals surface area contributed by atoms with Crippen LogP contribution >= 0.6 is 23.4 Å². The van der Waals surface area contributed by atoms with Gasteiger partial charge in [-0.05, 0) is 42.0 Å². The third kappa shape index (κ3) is 4.33. The van der Waals surface area contributed by atoms with E-state index in [-0.39, 0.29) is 5.91 Å². The third-order valence-electron chi connectivity index (χ3n) is 5.20. The fraction of sp³-hybridized carbons (Fsp3) is 0.0370. The van der Waals surface area contributed by atoms with Gasteiger partial charge in [-0.3, -0.25) is 4.79 Å². The smallest absolute Gasteiger partial charge is 0.251 e. The number of carbonyl (C=O) groups is 1. The van der Waals surface area contributed by atoms with Crippen molar-refractivity contribution in [2.75, 3.05) is 0 Å². The van der Waals surface area contributed by atoms with Crippen LogP contribution in [-0.4, -0.2) is 11.6 Å². The number of fused-ring (bicyclic) bond motifs is 2. The predicted molar refractivity (Wildman–Crippen MR) is 131 cm³/mol. The van der Waals surface area contributed by atoms with E-state index in [1.807, 2.05) is 72.8 Å². The van der Waals surface area contributed by atoms with Crippen LogP contribution in [0.5, 0.6) is 0 Å². The minimum atomic E-state index is -0.143. The molecule has 1 aliphatic rings. The number of halogens is 1. The van der Waals surface area contributed by atoms with Gasteiger partial charge < -0.3 is 5.32 Å². The zero-order valence-electron chi connectivity index (χ0n) is 17.1. The van der Waals surface area contributed by atoms with Gasteiger partial charge >= 0.3 is 0 Å². The lowest BCUT2D eigenvalue weighted by Gasteiger charge is -2.09. The molecule has 0 saturated carbocycles. The van der Waals surface area contributed by atoms with E-state index in [2.05, 4.69) is 29.6 Å². The van der Waals surface area contributed by atoms with Gasteiger partial charge in [-0.15, -0.1) is 0 Å². The van der Waals surface area contributed by atoms with E-state index < -0.39 is 0 Å². The molecule has 1 N–H and O–H groups in total. The van der Waals surface area contributed by atoms with Crippen LogP contribution < -0.4 is 5.32 Å². The Kier molecular flexibility index (Phi) is 5.80. The van der Waals surface area contributed by atoms with Gasteiger partial charge in [-0.1, -0.05) is 84.0 Å². The number of nitrogens with one attached hydrogen (secondary N) is 1. The topological polar surface area (TPSA) is 41.5 Å². The first kappa shape index (κ1) is 20.6. The minimum Gasteiger partial charge on any atom is -0.348 e. The van der Waals surface area contributed by atoms with Gasteiger partial charge in [0.15, 0.2) is 0 Å². The second-order valence-electron chi connectivity index (χ2n) is 7.42. The van der Waals surface area contributed by atoms with Crippen molar-refractivity contribution >= 4 is 40.7 Å². The molecule has 5 heteroatoms. The predicted octanol–water partition coefficient (Wildman–Crippen LogP) is 6.90. The Morgan fingerprint density at radius 3 is 2.50 bits per heavy atom. The molecule has 1 aliphatic heterocycles. The van der Waals surface area contributed by atoms with Crippen molar-refractivity contribution in [3.63, 3.8) is 0 Å². The molecular weight excluding hydrogens is 436 g/mol. The summed E-state index contributed by atoms with van der Waals surface area (Å²) in [6.45, 7) is 0.412. The van der Waals surface area contributed by atoms with Crippen LogP contribution in [0.25, 0.3) is 0 Å². The Balaban J connectivity index is 1.49. The fourth-order valence-corrected chi connectivity index (χ4v) is 4.85. The van der Waals surface area contributed by atoms with Crippen molar-refractivity contribution in [2.24, 2.45) is 4.99 Å². The van der Waals surface area contributed by atoms with Crippen LogP contribution in [0.15, 0.2) is 112 Å². The molecule has 0 bridgehead atoms. The normalized spacial score (nSPS) is 12.2. The number of carbonyl (C=O) groups excluding carboxylic acids is 1. The molecule has 0 fully saturated rings. The van der Waals surface area contributed by atoms with Crippen molar-refractivity contribution in [3.05, 3.63) is 124 Å². The van der Waals surface area contributed by atoms with Gasteiger partial charge in [-0.2, -0.15) is 0 Å². The quantitative estimate of drug-likeness (QED) is 0.320. The molecule has 0 saturated heterocycles. The highest BCUT2D eigenvalue weighted by Crippen LogP contribution is 2.41. The maximum atomic E-state index is 12.8. The van der Waals surface area contributed by atoms with Crippen LogP contribution in [0.4, 0.5) is 5.69 Å². The first-order valence-corrected chi connectivity index (χ1v) is 11.4. The van der Waals surface area contributed by atoms with E-state index >= 15 is 0 Å². The maximum absolute atomic E-state index is 12.8. The monoisotopic (exact) mass is 454 g/mol. The number of benzene rings is 4. The number of nitrogens with zero attached hydrogens (tertiary/aromatic N) is 1. The van der Waals surface area contributed by atoms with Crippen molar-refractivity contribution < 1.29 is 4.79 Å². The Labute approximate surface area is 196 Å². The molecule has 0 radical (unpaired) electrons. The van der Waals surface area contributed by atoms with E-state index in [1.54, 1.807) is 11.8 Å². The molecule has 0 unspecified atom stereocenters. The van der Waals surface area contributed by atoms with E-state index in [9.17, 15) is 4.79 Å². The molecule has 5 rings (SSSR count). The van der Waals surface area contributed by atoms with Gasteiger partial charge in [0.05, 0.1) is 11.4 Å². The molecule has 0 spiro atoms. The molecule has 4 aromatic rings. The Bertz CT molecular complexity index is 1330. The molecule has 3 nitrogen and oxygen atoms in total. The molecule has 32 heavy (non-hydrogen) atoms. The van der Waals surface area contributed by atoms with Crippen LogP contribution in [0.1, 0.15) is 27.0 Å². The summed E-state index contributed by atoms with van der Waals surface area (Å²) in [4.78, 5) is 20.0. The number of hydrogen-bond acceptors (Lipinski definition) is 3. The van der Waals surface area contributed by atoms with E-state index in [0.717, 1.165) is 37.9 Å². The number of amides is 1. The molecule has 0 aromatic heterocycles. The van der Waals surface area contributed by atoms with Crippen molar-refractivity contribution in [3.8, 4) is 0 Å². The fourth-order valence-electron chi connectivity index (χ4n) is 3.63. The lowest BCUT2D eigenvalue weighted by atomic mass is 10.0. The largest absolute Gasteiger partial charge is 0.348 e. The molecule has 1 heterocycles. The SMILES string of the molecule is O=C(NCc1cccc(Cl)c1)c1ccc2c(c1)N=C(c1ccccc1)c1ccccc1S2. The highest BCUT2D eigenvalue weighted by Gasteiger charge is 2.19. The van der Waals surface area contributed by atoms with Gasteiger partial charge in [0.25, 0.3) is 5.91 Å². The van der Waals surface area contributed by atoms with Crippen LogP contribution in [0, 0.1) is 0 Å². The van der Waals surface area contributed by atoms with Crippen LogP contribution in [0.2, 0.25) is 5.02 Å². The highest BCUT2D eigenvalue weighted by molar-refractivity contribution is 7.99. The van der Waals surface area contributed by atoms with Crippen molar-refractivity contribution in [1.82, 2.24) is 5.32 Å². The molecule has 0 atom stereocenters. The zero-order chi connectivity index (χ0) is 21.9. The summed E-state index contributed by atoms with van der Waals surface area (Å²) in [5, 5.41) is 3.63. The summed E-state index contributed by atoms with van der Waals surface area (Å²) in [7, 11) is 0. The van der Waals surface area contributed by atoms with Crippen LogP contribution in [0.3, 0.4) is 0 Å². The summed E-state index contributed by atoms with van der Waals surface area (Å²) in [5.74, 6) is -0.143. The average Bonchev–Trinajstić information content (AvgIpc) is 2.99. The Morgan fingerprint density at radius 2 is 1.66 bits per heavy atom. The molecule has 156 valence electrons. The molecule has 4 aromatic carbocycles.